The van der Waals surface area contributed by atoms with Crippen LogP contribution in [0.3, 0.4) is 0 Å². The van der Waals surface area contributed by atoms with Crippen LogP contribution in [0.4, 0.5) is 19.0 Å². The molecule has 1 aliphatic carbocycles. The fourth-order valence-electron chi connectivity index (χ4n) is 3.52. The van der Waals surface area contributed by atoms with E-state index < -0.39 is 12.1 Å². The highest BCUT2D eigenvalue weighted by molar-refractivity contribution is 5.81. The van der Waals surface area contributed by atoms with Crippen LogP contribution in [0.5, 0.6) is 0 Å². The van der Waals surface area contributed by atoms with Crippen LogP contribution in [-0.2, 0) is 22.4 Å². The molecule has 33 heavy (non-hydrogen) atoms. The number of anilines is 1. The predicted molar refractivity (Wildman–Crippen MR) is 117 cm³/mol. The minimum Gasteiger partial charge on any atom is -0.475 e. The molecular formula is C23H27F3N4O3. The Morgan fingerprint density at radius 2 is 1.70 bits per heavy atom. The molecule has 2 heterocycles. The number of carbonyl (C=O) groups excluding carboxylic acids is 1. The molecule has 0 saturated heterocycles. The van der Waals surface area contributed by atoms with Gasteiger partial charge in [0, 0.05) is 42.6 Å². The van der Waals surface area contributed by atoms with Crippen molar-refractivity contribution in [1.29, 1.82) is 0 Å². The predicted octanol–water partition coefficient (Wildman–Crippen LogP) is 3.93. The van der Waals surface area contributed by atoms with E-state index in [0.717, 1.165) is 61.7 Å². The standard InChI is InChI=1S/C21H26N4O.C2HF3O2/c1-14(2)22-20-17-10-12-25(21(26)16-8-9-16)13-11-18(17)23-19(24-20)15-6-4-3-5-7-15;3-2(4,5)1(6)7/h3-7,14,16H,8-13H2,1-2H3,(H,22,23,24);(H,6,7). The van der Waals surface area contributed by atoms with Gasteiger partial charge in [-0.2, -0.15) is 13.2 Å². The van der Waals surface area contributed by atoms with Crippen LogP contribution in [0.25, 0.3) is 11.4 Å². The van der Waals surface area contributed by atoms with Gasteiger partial charge in [-0.05, 0) is 33.1 Å². The number of carboxylic acid groups (broad SMARTS) is 1. The molecular weight excluding hydrogens is 437 g/mol. The number of rotatable bonds is 4. The maximum absolute atomic E-state index is 12.5. The van der Waals surface area contributed by atoms with Crippen LogP contribution in [0.1, 0.15) is 37.9 Å². The second kappa shape index (κ2) is 10.2. The van der Waals surface area contributed by atoms with Gasteiger partial charge in [0.25, 0.3) is 0 Å². The van der Waals surface area contributed by atoms with Crippen LogP contribution in [0, 0.1) is 5.92 Å². The Bertz CT molecular complexity index is 992. The van der Waals surface area contributed by atoms with E-state index in [4.69, 9.17) is 19.9 Å². The molecule has 4 rings (SSSR count). The van der Waals surface area contributed by atoms with Gasteiger partial charge in [-0.1, -0.05) is 30.3 Å². The Hall–Kier alpha value is -3.17. The molecule has 1 amide bonds. The Balaban J connectivity index is 0.000000383. The molecule has 7 nitrogen and oxygen atoms in total. The maximum Gasteiger partial charge on any atom is 0.490 e. The first kappa shape index (κ1) is 24.5. The second-order valence-corrected chi connectivity index (χ2v) is 8.39. The molecule has 2 N–H and O–H groups in total. The van der Waals surface area contributed by atoms with E-state index in [9.17, 15) is 18.0 Å². The van der Waals surface area contributed by atoms with Crippen molar-refractivity contribution in [2.24, 2.45) is 5.92 Å². The van der Waals surface area contributed by atoms with Gasteiger partial charge in [0.2, 0.25) is 5.91 Å². The molecule has 1 aromatic heterocycles. The van der Waals surface area contributed by atoms with E-state index >= 15 is 0 Å². The summed E-state index contributed by atoms with van der Waals surface area (Å²) in [6, 6.07) is 10.4. The summed E-state index contributed by atoms with van der Waals surface area (Å²) < 4.78 is 31.7. The van der Waals surface area contributed by atoms with Gasteiger partial charge in [0.05, 0.1) is 5.69 Å². The minimum absolute atomic E-state index is 0.274. The van der Waals surface area contributed by atoms with Crippen molar-refractivity contribution in [3.63, 3.8) is 0 Å². The third-order valence-electron chi connectivity index (χ3n) is 5.28. The first-order valence-corrected chi connectivity index (χ1v) is 10.9. The van der Waals surface area contributed by atoms with Gasteiger partial charge >= 0.3 is 12.1 Å². The molecule has 0 spiro atoms. The lowest BCUT2D eigenvalue weighted by Crippen LogP contribution is -2.34. The highest BCUT2D eigenvalue weighted by Crippen LogP contribution is 2.32. The van der Waals surface area contributed by atoms with Crippen LogP contribution in [-0.4, -0.2) is 57.2 Å². The summed E-state index contributed by atoms with van der Waals surface area (Å²) in [7, 11) is 0. The molecule has 0 atom stereocenters. The number of halogens is 3. The molecule has 1 aliphatic heterocycles. The van der Waals surface area contributed by atoms with Gasteiger partial charge in [-0.15, -0.1) is 0 Å². The highest BCUT2D eigenvalue weighted by Gasteiger charge is 2.38. The van der Waals surface area contributed by atoms with Crippen LogP contribution in [0.15, 0.2) is 30.3 Å². The molecule has 0 unspecified atom stereocenters. The average molecular weight is 464 g/mol. The molecule has 10 heteroatoms. The van der Waals surface area contributed by atoms with E-state index in [1.54, 1.807) is 0 Å². The Morgan fingerprint density at radius 1 is 1.09 bits per heavy atom. The van der Waals surface area contributed by atoms with Crippen molar-refractivity contribution in [2.75, 3.05) is 18.4 Å². The fraction of sp³-hybridized carbons (Fsp3) is 0.478. The number of aromatic nitrogens is 2. The quantitative estimate of drug-likeness (QED) is 0.712. The Morgan fingerprint density at radius 3 is 2.24 bits per heavy atom. The second-order valence-electron chi connectivity index (χ2n) is 8.39. The van der Waals surface area contributed by atoms with E-state index in [1.807, 2.05) is 35.2 Å². The summed E-state index contributed by atoms with van der Waals surface area (Å²) in [5.41, 5.74) is 3.27. The average Bonchev–Trinajstić information content (AvgIpc) is 3.60. The number of nitrogens with one attached hydrogen (secondary N) is 1. The number of fused-ring (bicyclic) bond motifs is 1. The normalized spacial score (nSPS) is 15.8. The van der Waals surface area contributed by atoms with Crippen LogP contribution >= 0.6 is 0 Å². The summed E-state index contributed by atoms with van der Waals surface area (Å²) in [6.07, 6.45) is -1.36. The van der Waals surface area contributed by atoms with Crippen molar-refractivity contribution in [3.8, 4) is 11.4 Å². The lowest BCUT2D eigenvalue weighted by molar-refractivity contribution is -0.192. The molecule has 2 aliphatic rings. The lowest BCUT2D eigenvalue weighted by atomic mass is 10.1. The zero-order valence-corrected chi connectivity index (χ0v) is 18.5. The van der Waals surface area contributed by atoms with Crippen LogP contribution < -0.4 is 5.32 Å². The zero-order chi connectivity index (χ0) is 24.2. The minimum atomic E-state index is -5.08. The van der Waals surface area contributed by atoms with E-state index in [2.05, 4.69) is 19.2 Å². The number of hydrogen-bond acceptors (Lipinski definition) is 5. The molecule has 0 radical (unpaired) electrons. The van der Waals surface area contributed by atoms with Crippen molar-refractivity contribution in [3.05, 3.63) is 41.6 Å². The molecule has 1 saturated carbocycles. The van der Waals surface area contributed by atoms with Gasteiger partial charge in [-0.25, -0.2) is 14.8 Å². The van der Waals surface area contributed by atoms with Gasteiger partial charge < -0.3 is 15.3 Å². The monoisotopic (exact) mass is 464 g/mol. The Labute approximate surface area is 190 Å². The number of aliphatic carboxylic acids is 1. The van der Waals surface area contributed by atoms with Crippen molar-refractivity contribution in [1.82, 2.24) is 14.9 Å². The number of benzene rings is 1. The number of amides is 1. The smallest absolute Gasteiger partial charge is 0.475 e. The zero-order valence-electron chi connectivity index (χ0n) is 18.5. The first-order valence-electron chi connectivity index (χ1n) is 10.9. The summed E-state index contributed by atoms with van der Waals surface area (Å²) in [5.74, 6) is -0.477. The topological polar surface area (TPSA) is 95.4 Å². The van der Waals surface area contributed by atoms with Crippen molar-refractivity contribution in [2.45, 2.75) is 51.7 Å². The highest BCUT2D eigenvalue weighted by atomic mass is 19.4. The Kier molecular flexibility index (Phi) is 7.55. The van der Waals surface area contributed by atoms with E-state index in [0.29, 0.717) is 11.9 Å². The molecule has 0 bridgehead atoms. The molecule has 1 fully saturated rings. The number of alkyl halides is 3. The van der Waals surface area contributed by atoms with Crippen molar-refractivity contribution < 1.29 is 27.9 Å². The van der Waals surface area contributed by atoms with Crippen molar-refractivity contribution >= 4 is 17.7 Å². The lowest BCUT2D eigenvalue weighted by Gasteiger charge is -2.20. The molecule has 1 aromatic carbocycles. The molecule has 178 valence electrons. The van der Waals surface area contributed by atoms with Gasteiger partial charge in [0.1, 0.15) is 5.82 Å². The van der Waals surface area contributed by atoms with Crippen LogP contribution in [0.2, 0.25) is 0 Å². The summed E-state index contributed by atoms with van der Waals surface area (Å²) in [5, 5.41) is 10.6. The van der Waals surface area contributed by atoms with Gasteiger partial charge in [0.15, 0.2) is 5.82 Å². The third kappa shape index (κ3) is 6.66. The summed E-state index contributed by atoms with van der Waals surface area (Å²) >= 11 is 0. The summed E-state index contributed by atoms with van der Waals surface area (Å²) in [6.45, 7) is 5.77. The SMILES string of the molecule is CC(C)Nc1nc(-c2ccccc2)nc2c1CCN(C(=O)C1CC1)CC2.O=C(O)C(F)(F)F. The van der Waals surface area contributed by atoms with E-state index in [1.165, 1.54) is 5.56 Å². The number of carbonyl (C=O) groups is 2. The largest absolute Gasteiger partial charge is 0.490 e. The van der Waals surface area contributed by atoms with Gasteiger partial charge in [-0.3, -0.25) is 4.79 Å². The molecule has 2 aromatic rings. The fourth-order valence-corrected chi connectivity index (χ4v) is 3.52. The summed E-state index contributed by atoms with van der Waals surface area (Å²) in [4.78, 5) is 33.1. The number of carboxylic acids is 1. The third-order valence-corrected chi connectivity index (χ3v) is 5.28. The van der Waals surface area contributed by atoms with E-state index in [-0.39, 0.29) is 5.92 Å². The number of hydrogen-bond donors (Lipinski definition) is 2. The maximum atomic E-state index is 12.5. The first-order chi connectivity index (χ1) is 15.6. The number of nitrogens with zero attached hydrogens (tertiary/aromatic N) is 3.